The molecule has 0 unspecified atom stereocenters. The van der Waals surface area contributed by atoms with Crippen molar-refractivity contribution in [2.45, 2.75) is 6.42 Å². The van der Waals surface area contributed by atoms with Gasteiger partial charge in [-0.05, 0) is 36.2 Å². The molecule has 0 saturated carbocycles. The van der Waals surface area contributed by atoms with Crippen LogP contribution in [0.25, 0.3) is 0 Å². The van der Waals surface area contributed by atoms with E-state index in [0.29, 0.717) is 0 Å². The Morgan fingerprint density at radius 3 is 2.53 bits per heavy atom. The number of aromatic hydroxyl groups is 1. The van der Waals surface area contributed by atoms with Gasteiger partial charge in [-0.3, -0.25) is 0 Å². The van der Waals surface area contributed by atoms with Crippen LogP contribution in [0.5, 0.6) is 5.75 Å². The van der Waals surface area contributed by atoms with Crippen molar-refractivity contribution in [2.24, 2.45) is 0 Å². The highest BCUT2D eigenvalue weighted by Gasteiger charge is 1.95. The lowest BCUT2D eigenvalue weighted by Gasteiger charge is -2.07. The Kier molecular flexibility index (Phi) is 3.50. The van der Waals surface area contributed by atoms with Crippen molar-refractivity contribution in [1.29, 1.82) is 0 Å². The molecular formula is C14H16N2O. The van der Waals surface area contributed by atoms with E-state index in [1.807, 2.05) is 36.4 Å². The molecule has 0 bridgehead atoms. The van der Waals surface area contributed by atoms with Crippen molar-refractivity contribution < 1.29 is 5.11 Å². The molecule has 0 aliphatic rings. The minimum atomic E-state index is 0.280. The highest BCUT2D eigenvalue weighted by atomic mass is 16.3. The van der Waals surface area contributed by atoms with Gasteiger partial charge in [-0.2, -0.15) is 0 Å². The highest BCUT2D eigenvalue weighted by Crippen LogP contribution is 2.15. The molecule has 17 heavy (non-hydrogen) atoms. The van der Waals surface area contributed by atoms with Gasteiger partial charge < -0.3 is 16.2 Å². The Hall–Kier alpha value is -2.16. The average Bonchev–Trinajstić information content (AvgIpc) is 2.32. The summed E-state index contributed by atoms with van der Waals surface area (Å²) in [6, 6.07) is 15.0. The van der Waals surface area contributed by atoms with Crippen LogP contribution in [0, 0.1) is 0 Å². The van der Waals surface area contributed by atoms with Crippen LogP contribution < -0.4 is 11.1 Å². The number of nitrogen functional groups attached to an aromatic ring is 1. The molecule has 0 fully saturated rings. The van der Waals surface area contributed by atoms with Gasteiger partial charge in [-0.15, -0.1) is 0 Å². The topological polar surface area (TPSA) is 58.3 Å². The summed E-state index contributed by atoms with van der Waals surface area (Å²) in [4.78, 5) is 0. The molecule has 0 saturated heterocycles. The smallest absolute Gasteiger partial charge is 0.117 e. The van der Waals surface area contributed by atoms with Gasteiger partial charge in [0.25, 0.3) is 0 Å². The molecule has 0 spiro atoms. The van der Waals surface area contributed by atoms with Gasteiger partial charge >= 0.3 is 0 Å². The molecule has 88 valence electrons. The van der Waals surface area contributed by atoms with Gasteiger partial charge in [0.05, 0.1) is 0 Å². The zero-order valence-electron chi connectivity index (χ0n) is 9.56. The third kappa shape index (κ3) is 3.41. The zero-order valence-corrected chi connectivity index (χ0v) is 9.56. The van der Waals surface area contributed by atoms with Crippen molar-refractivity contribution in [1.82, 2.24) is 0 Å². The Morgan fingerprint density at radius 1 is 1.06 bits per heavy atom. The standard InChI is InChI=1S/C14H16N2O/c15-12-6-4-11(5-7-12)8-9-16-13-2-1-3-14(17)10-13/h1-7,10,16-17H,8-9,15H2. The van der Waals surface area contributed by atoms with Crippen LogP contribution in [0.15, 0.2) is 48.5 Å². The predicted octanol–water partition coefficient (Wildman–Crippen LogP) is 2.63. The van der Waals surface area contributed by atoms with Gasteiger partial charge in [0, 0.05) is 24.0 Å². The summed E-state index contributed by atoms with van der Waals surface area (Å²) in [5, 5.41) is 12.6. The van der Waals surface area contributed by atoms with Gasteiger partial charge in [0.15, 0.2) is 0 Å². The number of rotatable bonds is 4. The fourth-order valence-electron chi connectivity index (χ4n) is 1.65. The summed E-state index contributed by atoms with van der Waals surface area (Å²) in [6.07, 6.45) is 0.927. The van der Waals surface area contributed by atoms with E-state index in [2.05, 4.69) is 5.32 Å². The van der Waals surface area contributed by atoms with E-state index < -0.39 is 0 Å². The molecule has 0 atom stereocenters. The minimum absolute atomic E-state index is 0.280. The first-order chi connectivity index (χ1) is 8.24. The van der Waals surface area contributed by atoms with Crippen molar-refractivity contribution >= 4 is 11.4 Å². The van der Waals surface area contributed by atoms with Crippen LogP contribution in [-0.4, -0.2) is 11.7 Å². The third-order valence-electron chi connectivity index (χ3n) is 2.57. The molecule has 0 amide bonds. The van der Waals surface area contributed by atoms with E-state index in [-0.39, 0.29) is 5.75 Å². The van der Waals surface area contributed by atoms with E-state index in [4.69, 9.17) is 5.73 Å². The maximum Gasteiger partial charge on any atom is 0.117 e. The van der Waals surface area contributed by atoms with E-state index in [1.165, 1.54) is 5.56 Å². The van der Waals surface area contributed by atoms with Crippen molar-refractivity contribution in [3.63, 3.8) is 0 Å². The molecule has 0 aliphatic carbocycles. The minimum Gasteiger partial charge on any atom is -0.508 e. The van der Waals surface area contributed by atoms with Crippen LogP contribution in [0.1, 0.15) is 5.56 Å². The van der Waals surface area contributed by atoms with Gasteiger partial charge in [0.1, 0.15) is 5.75 Å². The first kappa shape index (κ1) is 11.3. The summed E-state index contributed by atoms with van der Waals surface area (Å²) in [5.41, 5.74) is 8.58. The predicted molar refractivity (Wildman–Crippen MR) is 71.2 cm³/mol. The quantitative estimate of drug-likeness (QED) is 0.705. The number of phenolic OH excluding ortho intramolecular Hbond substituents is 1. The van der Waals surface area contributed by atoms with Gasteiger partial charge in [-0.25, -0.2) is 0 Å². The fourth-order valence-corrected chi connectivity index (χ4v) is 1.65. The summed E-state index contributed by atoms with van der Waals surface area (Å²) < 4.78 is 0. The first-order valence-electron chi connectivity index (χ1n) is 5.61. The van der Waals surface area contributed by atoms with Gasteiger partial charge in [-0.1, -0.05) is 18.2 Å². The summed E-state index contributed by atoms with van der Waals surface area (Å²) in [6.45, 7) is 0.827. The molecule has 3 heteroatoms. The second-order valence-electron chi connectivity index (χ2n) is 3.97. The second kappa shape index (κ2) is 5.25. The Balaban J connectivity index is 1.85. The fraction of sp³-hybridized carbons (Fsp3) is 0.143. The Bertz CT molecular complexity index is 480. The molecule has 0 aromatic heterocycles. The maximum atomic E-state index is 9.31. The van der Waals surface area contributed by atoms with Crippen molar-refractivity contribution in [3.05, 3.63) is 54.1 Å². The van der Waals surface area contributed by atoms with Crippen molar-refractivity contribution in [2.75, 3.05) is 17.6 Å². The van der Waals surface area contributed by atoms with Crippen molar-refractivity contribution in [3.8, 4) is 5.75 Å². The van der Waals surface area contributed by atoms with E-state index in [0.717, 1.165) is 24.3 Å². The zero-order chi connectivity index (χ0) is 12.1. The normalized spacial score (nSPS) is 10.1. The second-order valence-corrected chi connectivity index (χ2v) is 3.97. The largest absolute Gasteiger partial charge is 0.508 e. The number of benzene rings is 2. The lowest BCUT2D eigenvalue weighted by molar-refractivity contribution is 0.475. The number of nitrogens with one attached hydrogen (secondary N) is 1. The molecule has 2 rings (SSSR count). The molecule has 0 radical (unpaired) electrons. The summed E-state index contributed by atoms with van der Waals surface area (Å²) in [5.74, 6) is 0.280. The lowest BCUT2D eigenvalue weighted by atomic mass is 10.1. The number of hydrogen-bond acceptors (Lipinski definition) is 3. The number of phenols is 1. The number of nitrogens with two attached hydrogens (primary N) is 1. The number of anilines is 2. The molecular weight excluding hydrogens is 212 g/mol. The SMILES string of the molecule is Nc1ccc(CCNc2cccc(O)c2)cc1. The van der Waals surface area contributed by atoms with Gasteiger partial charge in [0.2, 0.25) is 0 Å². The molecule has 3 nitrogen and oxygen atoms in total. The highest BCUT2D eigenvalue weighted by molar-refractivity contribution is 5.47. The van der Waals surface area contributed by atoms with E-state index in [9.17, 15) is 5.11 Å². The Morgan fingerprint density at radius 2 is 1.82 bits per heavy atom. The van der Waals surface area contributed by atoms with Crippen LogP contribution in [-0.2, 0) is 6.42 Å². The van der Waals surface area contributed by atoms with Crippen LogP contribution in [0.3, 0.4) is 0 Å². The molecule has 2 aromatic carbocycles. The third-order valence-corrected chi connectivity index (χ3v) is 2.57. The maximum absolute atomic E-state index is 9.31. The molecule has 4 N–H and O–H groups in total. The first-order valence-corrected chi connectivity index (χ1v) is 5.61. The monoisotopic (exact) mass is 228 g/mol. The van der Waals surface area contributed by atoms with Crippen LogP contribution >= 0.6 is 0 Å². The number of hydrogen-bond donors (Lipinski definition) is 3. The lowest BCUT2D eigenvalue weighted by Crippen LogP contribution is -2.04. The van der Waals surface area contributed by atoms with Crippen LogP contribution in [0.2, 0.25) is 0 Å². The molecule has 2 aromatic rings. The van der Waals surface area contributed by atoms with Crippen LogP contribution in [0.4, 0.5) is 11.4 Å². The average molecular weight is 228 g/mol. The van der Waals surface area contributed by atoms with E-state index in [1.54, 1.807) is 12.1 Å². The molecule has 0 aliphatic heterocycles. The Labute approximate surface area is 101 Å². The molecule has 0 heterocycles. The summed E-state index contributed by atoms with van der Waals surface area (Å²) >= 11 is 0. The summed E-state index contributed by atoms with van der Waals surface area (Å²) in [7, 11) is 0. The van der Waals surface area contributed by atoms with E-state index >= 15 is 0 Å².